The Kier molecular flexibility index (Phi) is 10.2. The number of hydrogen-bond donors (Lipinski definition) is 2. The summed E-state index contributed by atoms with van der Waals surface area (Å²) in [6, 6.07) is 18.4. The van der Waals surface area contributed by atoms with Crippen molar-refractivity contribution in [1.82, 2.24) is 0 Å². The first-order valence-electron chi connectivity index (χ1n) is 10.9. The molecule has 0 aromatic heterocycles. The highest BCUT2D eigenvalue weighted by atomic mass is 31.2. The minimum atomic E-state index is -4.02. The molecule has 0 radical (unpaired) electrons. The van der Waals surface area contributed by atoms with Crippen LogP contribution in [0.25, 0.3) is 0 Å². The summed E-state index contributed by atoms with van der Waals surface area (Å²) >= 11 is 0. The molecule has 0 bridgehead atoms. The van der Waals surface area contributed by atoms with Gasteiger partial charge >= 0.3 is 7.82 Å². The number of benzene rings is 2. The van der Waals surface area contributed by atoms with Crippen LogP contribution in [0.1, 0.15) is 24.0 Å². The maximum Gasteiger partial charge on any atom is 0.475 e. The first-order valence-corrected chi connectivity index (χ1v) is 12.3. The van der Waals surface area contributed by atoms with E-state index in [1.165, 1.54) is 0 Å². The minimum Gasteiger partial charge on any atom is -0.387 e. The highest BCUT2D eigenvalue weighted by Crippen LogP contribution is 2.51. The fourth-order valence-corrected chi connectivity index (χ4v) is 4.32. The number of phosphoric acid groups is 1. The monoisotopic (exact) mass is 478 g/mol. The Morgan fingerprint density at radius 1 is 0.909 bits per heavy atom. The van der Waals surface area contributed by atoms with E-state index in [0.29, 0.717) is 13.0 Å². The molecule has 0 amide bonds. The standard InChI is InChI=1S/C24H31O8P/c1-2-3-10-15-28-24-23(26)22(25)21(32-24)18-31-33(27,29-16-19-11-6-4-7-12-19)30-17-20-13-8-5-9-14-20/h2,4-9,11-14,21-26H,1,3,10,15-18H2/t21-,22-,23-,24-/m1/s1. The lowest BCUT2D eigenvalue weighted by Crippen LogP contribution is -2.35. The lowest BCUT2D eigenvalue weighted by molar-refractivity contribution is -0.169. The molecule has 1 saturated heterocycles. The largest absolute Gasteiger partial charge is 0.475 e. The molecule has 33 heavy (non-hydrogen) atoms. The minimum absolute atomic E-state index is 0.0125. The Balaban J connectivity index is 1.58. The molecular weight excluding hydrogens is 447 g/mol. The fraction of sp³-hybridized carbons (Fsp3) is 0.417. The Morgan fingerprint density at radius 3 is 2.03 bits per heavy atom. The molecule has 180 valence electrons. The van der Waals surface area contributed by atoms with Crippen molar-refractivity contribution in [3.8, 4) is 0 Å². The van der Waals surface area contributed by atoms with Crippen molar-refractivity contribution in [2.75, 3.05) is 13.2 Å². The zero-order valence-corrected chi connectivity index (χ0v) is 19.3. The third-order valence-electron chi connectivity index (χ3n) is 5.01. The van der Waals surface area contributed by atoms with Crippen molar-refractivity contribution in [1.29, 1.82) is 0 Å². The normalized spacial score (nSPS) is 23.0. The van der Waals surface area contributed by atoms with E-state index in [1.807, 2.05) is 60.7 Å². The summed E-state index contributed by atoms with van der Waals surface area (Å²) < 4.78 is 41.0. The van der Waals surface area contributed by atoms with E-state index < -0.39 is 32.4 Å². The van der Waals surface area contributed by atoms with Crippen molar-refractivity contribution in [3.05, 3.63) is 84.4 Å². The first-order chi connectivity index (χ1) is 16.0. The van der Waals surface area contributed by atoms with E-state index in [1.54, 1.807) is 6.08 Å². The molecule has 1 heterocycles. The van der Waals surface area contributed by atoms with E-state index in [9.17, 15) is 14.8 Å². The molecule has 0 spiro atoms. The Labute approximate surface area is 194 Å². The summed E-state index contributed by atoms with van der Waals surface area (Å²) in [7, 11) is -4.02. The van der Waals surface area contributed by atoms with E-state index in [4.69, 9.17) is 23.0 Å². The second-order valence-electron chi connectivity index (χ2n) is 7.59. The average Bonchev–Trinajstić information content (AvgIpc) is 3.12. The Hall–Kier alpha value is -1.87. The van der Waals surface area contributed by atoms with Gasteiger partial charge < -0.3 is 19.7 Å². The van der Waals surface area contributed by atoms with Gasteiger partial charge in [-0.1, -0.05) is 66.7 Å². The number of unbranched alkanes of at least 4 members (excludes halogenated alkanes) is 1. The van der Waals surface area contributed by atoms with Crippen molar-refractivity contribution >= 4 is 7.82 Å². The van der Waals surface area contributed by atoms with Gasteiger partial charge in [0.15, 0.2) is 6.29 Å². The van der Waals surface area contributed by atoms with E-state index >= 15 is 0 Å². The summed E-state index contributed by atoms with van der Waals surface area (Å²) in [5.41, 5.74) is 1.59. The number of rotatable bonds is 14. The third kappa shape index (κ3) is 8.14. The van der Waals surface area contributed by atoms with Gasteiger partial charge in [-0.05, 0) is 24.0 Å². The summed E-state index contributed by atoms with van der Waals surface area (Å²) in [5, 5.41) is 20.5. The van der Waals surface area contributed by atoms with Gasteiger partial charge in [0.25, 0.3) is 0 Å². The number of hydrogen-bond acceptors (Lipinski definition) is 8. The van der Waals surface area contributed by atoms with E-state index in [2.05, 4.69) is 6.58 Å². The highest BCUT2D eigenvalue weighted by Gasteiger charge is 2.44. The van der Waals surface area contributed by atoms with E-state index in [0.717, 1.165) is 17.5 Å². The van der Waals surface area contributed by atoms with Crippen LogP contribution in [0, 0.1) is 0 Å². The van der Waals surface area contributed by atoms with Gasteiger partial charge in [-0.3, -0.25) is 13.6 Å². The molecule has 3 rings (SSSR count). The maximum atomic E-state index is 13.3. The number of aliphatic hydroxyl groups is 2. The van der Waals surface area contributed by atoms with Crippen LogP contribution in [0.3, 0.4) is 0 Å². The predicted molar refractivity (Wildman–Crippen MR) is 122 cm³/mol. The van der Waals surface area contributed by atoms with Crippen LogP contribution >= 0.6 is 7.82 Å². The second-order valence-corrected chi connectivity index (χ2v) is 9.26. The molecule has 0 aliphatic carbocycles. The van der Waals surface area contributed by atoms with Gasteiger partial charge in [-0.2, -0.15) is 0 Å². The highest BCUT2D eigenvalue weighted by molar-refractivity contribution is 7.48. The molecule has 4 atom stereocenters. The quantitative estimate of drug-likeness (QED) is 0.239. The smallest absolute Gasteiger partial charge is 0.387 e. The van der Waals surface area contributed by atoms with Crippen molar-refractivity contribution < 1.29 is 37.8 Å². The summed E-state index contributed by atoms with van der Waals surface area (Å²) in [6.45, 7) is 3.69. The molecule has 0 unspecified atom stereocenters. The van der Waals surface area contributed by atoms with Crippen LogP contribution in [0.4, 0.5) is 0 Å². The summed E-state index contributed by atoms with van der Waals surface area (Å²) in [4.78, 5) is 0. The first kappa shape index (κ1) is 25.7. The second kappa shape index (κ2) is 13.1. The number of ether oxygens (including phenoxy) is 2. The zero-order valence-electron chi connectivity index (χ0n) is 18.4. The maximum absolute atomic E-state index is 13.3. The van der Waals surface area contributed by atoms with Crippen molar-refractivity contribution in [2.45, 2.75) is 50.7 Å². The van der Waals surface area contributed by atoms with Gasteiger partial charge in [0.2, 0.25) is 0 Å². The van der Waals surface area contributed by atoms with Gasteiger partial charge in [0, 0.05) is 0 Å². The molecular formula is C24H31O8P. The summed E-state index contributed by atoms with van der Waals surface area (Å²) in [5.74, 6) is 0. The van der Waals surface area contributed by atoms with Gasteiger partial charge in [-0.15, -0.1) is 6.58 Å². The molecule has 1 aliphatic rings. The molecule has 8 nitrogen and oxygen atoms in total. The van der Waals surface area contributed by atoms with Crippen LogP contribution < -0.4 is 0 Å². The van der Waals surface area contributed by atoms with Crippen LogP contribution in [0.5, 0.6) is 0 Å². The molecule has 2 N–H and O–H groups in total. The number of allylic oxidation sites excluding steroid dienone is 1. The summed E-state index contributed by atoms with van der Waals surface area (Å²) in [6.07, 6.45) is -1.25. The lowest BCUT2D eigenvalue weighted by Gasteiger charge is -2.21. The molecule has 9 heteroatoms. The van der Waals surface area contributed by atoms with Crippen LogP contribution in [-0.4, -0.2) is 48.0 Å². The topological polar surface area (TPSA) is 104 Å². The number of aliphatic hydroxyl groups excluding tert-OH is 2. The van der Waals surface area contributed by atoms with Crippen molar-refractivity contribution in [2.24, 2.45) is 0 Å². The molecule has 2 aromatic carbocycles. The average molecular weight is 478 g/mol. The molecule has 0 saturated carbocycles. The van der Waals surface area contributed by atoms with E-state index in [-0.39, 0.29) is 19.8 Å². The van der Waals surface area contributed by atoms with Gasteiger partial charge in [0.05, 0.1) is 26.4 Å². The predicted octanol–water partition coefficient (Wildman–Crippen LogP) is 3.97. The number of phosphoric ester groups is 1. The Bertz CT molecular complexity index is 831. The molecule has 1 fully saturated rings. The molecule has 2 aromatic rings. The van der Waals surface area contributed by atoms with Crippen molar-refractivity contribution in [3.63, 3.8) is 0 Å². The third-order valence-corrected chi connectivity index (χ3v) is 6.37. The van der Waals surface area contributed by atoms with Gasteiger partial charge in [-0.25, -0.2) is 4.57 Å². The van der Waals surface area contributed by atoms with Crippen LogP contribution in [0.2, 0.25) is 0 Å². The van der Waals surface area contributed by atoms with Crippen LogP contribution in [0.15, 0.2) is 73.3 Å². The Morgan fingerprint density at radius 2 is 1.48 bits per heavy atom. The van der Waals surface area contributed by atoms with Crippen LogP contribution in [-0.2, 0) is 40.8 Å². The SMILES string of the molecule is C=CCCCO[C@@H]1O[C@H](COP(=O)(OCc2ccccc2)OCc2ccccc2)[C@@H](O)[C@H]1O. The lowest BCUT2D eigenvalue weighted by atomic mass is 10.1. The van der Waals surface area contributed by atoms with Gasteiger partial charge in [0.1, 0.15) is 18.3 Å². The zero-order chi connectivity index (χ0) is 23.5. The fourth-order valence-electron chi connectivity index (χ4n) is 3.15. The molecule has 1 aliphatic heterocycles.